The predicted molar refractivity (Wildman–Crippen MR) is 75.8 cm³/mol. The molecule has 0 saturated carbocycles. The molecular weight excluding hydrogens is 297 g/mol. The number of rotatable bonds is 2. The van der Waals surface area contributed by atoms with Gasteiger partial charge in [0.1, 0.15) is 0 Å². The van der Waals surface area contributed by atoms with Gasteiger partial charge in [-0.05, 0) is 39.7 Å². The van der Waals surface area contributed by atoms with Crippen molar-refractivity contribution in [1.82, 2.24) is 0 Å². The van der Waals surface area contributed by atoms with Crippen molar-refractivity contribution in [2.75, 3.05) is 0 Å². The molecule has 0 saturated heterocycles. The van der Waals surface area contributed by atoms with Crippen LogP contribution >= 0.6 is 39.9 Å². The van der Waals surface area contributed by atoms with E-state index in [0.717, 1.165) is 5.56 Å². The Balaban J connectivity index is 2.72. The molecule has 0 heterocycles. The van der Waals surface area contributed by atoms with E-state index >= 15 is 0 Å². The van der Waals surface area contributed by atoms with Gasteiger partial charge in [-0.1, -0.05) is 54.1 Å². The highest BCUT2D eigenvalue weighted by Crippen LogP contribution is 2.58. The van der Waals surface area contributed by atoms with E-state index in [9.17, 15) is 4.57 Å². The summed E-state index contributed by atoms with van der Waals surface area (Å²) in [4.78, 5) is 0. The van der Waals surface area contributed by atoms with Crippen molar-refractivity contribution in [3.8, 4) is 11.1 Å². The molecule has 0 amide bonds. The normalized spacial score (nSPS) is 11.5. The average molecular weight is 306 g/mol. The quantitative estimate of drug-likeness (QED) is 0.688. The van der Waals surface area contributed by atoms with Crippen LogP contribution in [0.5, 0.6) is 0 Å². The minimum Gasteiger partial charge on any atom is -0.284 e. The van der Waals surface area contributed by atoms with Gasteiger partial charge in [-0.3, -0.25) is 4.57 Å². The first kappa shape index (κ1) is 13.0. The van der Waals surface area contributed by atoms with Crippen LogP contribution in [0.1, 0.15) is 0 Å². The number of hydrogen-bond donors (Lipinski definition) is 0. The maximum atomic E-state index is 11.9. The van der Waals surface area contributed by atoms with Crippen LogP contribution in [0.3, 0.4) is 0 Å². The second-order valence-electron chi connectivity index (χ2n) is 3.46. The summed E-state index contributed by atoms with van der Waals surface area (Å²) >= 11 is 17.5. The topological polar surface area (TPSA) is 17.1 Å². The molecule has 0 spiro atoms. The van der Waals surface area contributed by atoms with Gasteiger partial charge in [0.15, 0.2) is 0 Å². The molecule has 17 heavy (non-hydrogen) atoms. The van der Waals surface area contributed by atoms with E-state index in [1.54, 1.807) is 18.2 Å². The minimum absolute atomic E-state index is 0.302. The van der Waals surface area contributed by atoms with E-state index in [-0.39, 0.29) is 0 Å². The summed E-state index contributed by atoms with van der Waals surface area (Å²) < 4.78 is 11.9. The Morgan fingerprint density at radius 2 is 1.53 bits per heavy atom. The highest BCUT2D eigenvalue weighted by molar-refractivity contribution is 8.13. The molecule has 0 aliphatic rings. The van der Waals surface area contributed by atoms with Crippen LogP contribution in [0.25, 0.3) is 11.1 Å². The summed E-state index contributed by atoms with van der Waals surface area (Å²) in [7, 11) is 0. The fourth-order valence-corrected chi connectivity index (χ4v) is 4.32. The first-order valence-electron chi connectivity index (χ1n) is 4.84. The zero-order chi connectivity index (χ0) is 12.5. The van der Waals surface area contributed by atoms with Crippen LogP contribution in [0.2, 0.25) is 5.02 Å². The highest BCUT2D eigenvalue weighted by atomic mass is 35.9. The van der Waals surface area contributed by atoms with Crippen molar-refractivity contribution in [1.29, 1.82) is 0 Å². The van der Waals surface area contributed by atoms with Crippen LogP contribution in [-0.2, 0) is 4.57 Å². The SMILES string of the molecule is O=P(Cl)(Cl)c1c(Cl)cccc1-c1ccccc1. The molecule has 2 aromatic carbocycles. The van der Waals surface area contributed by atoms with E-state index < -0.39 is 5.85 Å². The van der Waals surface area contributed by atoms with Crippen molar-refractivity contribution >= 4 is 45.2 Å². The molecule has 0 atom stereocenters. The first-order valence-corrected chi connectivity index (χ1v) is 8.73. The Kier molecular flexibility index (Phi) is 3.85. The molecule has 5 heteroatoms. The molecule has 2 aromatic rings. The fraction of sp³-hybridized carbons (Fsp3) is 0. The van der Waals surface area contributed by atoms with Crippen LogP contribution in [0.15, 0.2) is 48.5 Å². The van der Waals surface area contributed by atoms with Crippen molar-refractivity contribution in [2.24, 2.45) is 0 Å². The molecule has 0 aromatic heterocycles. The van der Waals surface area contributed by atoms with Gasteiger partial charge in [-0.2, -0.15) is 0 Å². The standard InChI is InChI=1S/C12H8Cl3OP/c13-11-8-4-7-10(12(11)17(14,15)16)9-5-2-1-3-6-9/h1-8H. The van der Waals surface area contributed by atoms with Gasteiger partial charge in [0.05, 0.1) is 10.3 Å². The summed E-state index contributed by atoms with van der Waals surface area (Å²) in [6.45, 7) is 0. The fourth-order valence-electron chi connectivity index (χ4n) is 1.63. The summed E-state index contributed by atoms with van der Waals surface area (Å²) in [6, 6.07) is 14.6. The van der Waals surface area contributed by atoms with E-state index in [2.05, 4.69) is 0 Å². The predicted octanol–water partition coefficient (Wildman–Crippen LogP) is 5.30. The van der Waals surface area contributed by atoms with Gasteiger partial charge in [0.2, 0.25) is 0 Å². The molecule has 1 nitrogen and oxygen atoms in total. The highest BCUT2D eigenvalue weighted by Gasteiger charge is 2.25. The largest absolute Gasteiger partial charge is 0.284 e. The van der Waals surface area contributed by atoms with Crippen molar-refractivity contribution in [3.63, 3.8) is 0 Å². The minimum atomic E-state index is -3.45. The molecular formula is C12H8Cl3OP. The van der Waals surface area contributed by atoms with Gasteiger partial charge in [0, 0.05) is 0 Å². The summed E-state index contributed by atoms with van der Waals surface area (Å²) in [5.74, 6) is -3.45. The Morgan fingerprint density at radius 1 is 0.882 bits per heavy atom. The van der Waals surface area contributed by atoms with Gasteiger partial charge < -0.3 is 0 Å². The van der Waals surface area contributed by atoms with Crippen molar-refractivity contribution in [2.45, 2.75) is 0 Å². The lowest BCUT2D eigenvalue weighted by atomic mass is 10.1. The Morgan fingerprint density at radius 3 is 2.12 bits per heavy atom. The maximum Gasteiger partial charge on any atom is 0.284 e. The number of hydrogen-bond acceptors (Lipinski definition) is 1. The Hall–Kier alpha value is -0.460. The van der Waals surface area contributed by atoms with E-state index in [4.69, 9.17) is 34.1 Å². The van der Waals surface area contributed by atoms with Gasteiger partial charge >= 0.3 is 0 Å². The molecule has 0 fully saturated rings. The third-order valence-corrected chi connectivity index (χ3v) is 4.80. The Labute approximate surface area is 114 Å². The number of benzene rings is 2. The lowest BCUT2D eigenvalue weighted by Gasteiger charge is -2.12. The van der Waals surface area contributed by atoms with Crippen LogP contribution in [0.4, 0.5) is 0 Å². The molecule has 0 N–H and O–H groups in total. The number of halogens is 3. The van der Waals surface area contributed by atoms with Crippen molar-refractivity contribution < 1.29 is 4.57 Å². The maximum absolute atomic E-state index is 11.9. The first-order chi connectivity index (χ1) is 8.00. The van der Waals surface area contributed by atoms with Crippen LogP contribution in [-0.4, -0.2) is 0 Å². The lowest BCUT2D eigenvalue weighted by molar-refractivity contribution is 0.597. The monoisotopic (exact) mass is 304 g/mol. The van der Waals surface area contributed by atoms with Gasteiger partial charge in [-0.15, -0.1) is 0 Å². The van der Waals surface area contributed by atoms with Gasteiger partial charge in [0.25, 0.3) is 5.85 Å². The molecule has 0 bridgehead atoms. The second-order valence-corrected chi connectivity index (χ2v) is 8.62. The average Bonchev–Trinajstić information content (AvgIpc) is 2.28. The molecule has 0 aliphatic heterocycles. The van der Waals surface area contributed by atoms with E-state index in [1.165, 1.54) is 0 Å². The molecule has 0 aliphatic carbocycles. The van der Waals surface area contributed by atoms with Gasteiger partial charge in [-0.25, -0.2) is 0 Å². The lowest BCUT2D eigenvalue weighted by Crippen LogP contribution is -2.04. The summed E-state index contributed by atoms with van der Waals surface area (Å²) in [5, 5.41) is 0.621. The van der Waals surface area contributed by atoms with Crippen LogP contribution in [0, 0.1) is 0 Å². The van der Waals surface area contributed by atoms with Crippen LogP contribution < -0.4 is 5.30 Å². The second kappa shape index (κ2) is 5.04. The molecule has 0 radical (unpaired) electrons. The third kappa shape index (κ3) is 2.86. The molecule has 88 valence electrons. The molecule has 2 rings (SSSR count). The summed E-state index contributed by atoms with van der Waals surface area (Å²) in [5.41, 5.74) is 1.58. The zero-order valence-electron chi connectivity index (χ0n) is 8.61. The zero-order valence-corrected chi connectivity index (χ0v) is 11.8. The van der Waals surface area contributed by atoms with E-state index in [1.807, 2.05) is 30.3 Å². The van der Waals surface area contributed by atoms with Crippen molar-refractivity contribution in [3.05, 3.63) is 53.6 Å². The summed E-state index contributed by atoms with van der Waals surface area (Å²) in [6.07, 6.45) is 0. The third-order valence-electron chi connectivity index (χ3n) is 2.33. The molecule has 0 unspecified atom stereocenters. The van der Waals surface area contributed by atoms with E-state index in [0.29, 0.717) is 15.9 Å². The smallest absolute Gasteiger partial charge is 0.284 e. The Bertz CT molecular complexity index is 578.